The average Bonchev–Trinajstić information content (AvgIpc) is 2.87. The molecule has 6 nitrogen and oxygen atoms in total. The van der Waals surface area contributed by atoms with Crippen LogP contribution in [-0.4, -0.2) is 81.1 Å². The van der Waals surface area contributed by atoms with Crippen LogP contribution < -0.4 is 0 Å². The summed E-state index contributed by atoms with van der Waals surface area (Å²) in [6.45, 7) is 4.28. The van der Waals surface area contributed by atoms with Crippen LogP contribution in [0, 0.1) is 5.92 Å². The molecule has 0 bridgehead atoms. The van der Waals surface area contributed by atoms with Crippen molar-refractivity contribution >= 4 is 15.7 Å². The van der Waals surface area contributed by atoms with Crippen LogP contribution in [-0.2, 0) is 19.4 Å². The summed E-state index contributed by atoms with van der Waals surface area (Å²) in [5.41, 5.74) is 0. The van der Waals surface area contributed by atoms with Crippen molar-refractivity contribution in [3.63, 3.8) is 0 Å². The topological polar surface area (TPSA) is 66.9 Å². The molecule has 3 fully saturated rings. The SMILES string of the molecule is O=C(C1CCCCN1CC1CCS(=O)(=O)C1)N1CCOCC1. The molecular weight excluding hydrogens is 304 g/mol. The van der Waals surface area contributed by atoms with Gasteiger partial charge in [0.25, 0.3) is 0 Å². The van der Waals surface area contributed by atoms with Crippen molar-refractivity contribution in [2.45, 2.75) is 31.7 Å². The number of likely N-dealkylation sites (tertiary alicyclic amines) is 1. The Morgan fingerprint density at radius 2 is 1.86 bits per heavy atom. The van der Waals surface area contributed by atoms with E-state index in [1.165, 1.54) is 0 Å². The summed E-state index contributed by atoms with van der Waals surface area (Å²) in [4.78, 5) is 16.9. The monoisotopic (exact) mass is 330 g/mol. The number of morpholine rings is 1. The summed E-state index contributed by atoms with van der Waals surface area (Å²) in [6, 6.07) is -0.0600. The molecule has 0 spiro atoms. The minimum absolute atomic E-state index is 0.0600. The third kappa shape index (κ3) is 3.81. The first-order chi connectivity index (χ1) is 10.6. The minimum Gasteiger partial charge on any atom is -0.378 e. The number of piperidine rings is 1. The molecule has 0 aromatic rings. The van der Waals surface area contributed by atoms with Gasteiger partial charge in [0.05, 0.1) is 30.8 Å². The van der Waals surface area contributed by atoms with E-state index in [1.807, 2.05) is 4.90 Å². The molecule has 3 heterocycles. The van der Waals surface area contributed by atoms with Gasteiger partial charge in [-0.05, 0) is 31.7 Å². The van der Waals surface area contributed by atoms with Gasteiger partial charge in [0.1, 0.15) is 0 Å². The van der Waals surface area contributed by atoms with E-state index in [0.29, 0.717) is 37.8 Å². The van der Waals surface area contributed by atoms with E-state index in [1.54, 1.807) is 0 Å². The van der Waals surface area contributed by atoms with Gasteiger partial charge in [-0.15, -0.1) is 0 Å². The Morgan fingerprint density at radius 3 is 2.55 bits per heavy atom. The van der Waals surface area contributed by atoms with Gasteiger partial charge in [-0.1, -0.05) is 6.42 Å². The minimum atomic E-state index is -2.84. The Bertz CT molecular complexity index is 502. The third-order valence-corrected chi connectivity index (χ3v) is 6.88. The number of ether oxygens (including phenoxy) is 1. The molecule has 0 aliphatic carbocycles. The predicted molar refractivity (Wildman–Crippen MR) is 83.4 cm³/mol. The highest BCUT2D eigenvalue weighted by atomic mass is 32.2. The largest absolute Gasteiger partial charge is 0.378 e. The van der Waals surface area contributed by atoms with E-state index in [4.69, 9.17) is 4.74 Å². The highest BCUT2D eigenvalue weighted by molar-refractivity contribution is 7.91. The van der Waals surface area contributed by atoms with Crippen LogP contribution in [0.5, 0.6) is 0 Å². The van der Waals surface area contributed by atoms with Crippen LogP contribution in [0.25, 0.3) is 0 Å². The highest BCUT2D eigenvalue weighted by Crippen LogP contribution is 2.25. The summed E-state index contributed by atoms with van der Waals surface area (Å²) in [5, 5.41) is 0. The number of carbonyl (C=O) groups excluding carboxylic acids is 1. The fourth-order valence-electron chi connectivity index (χ4n) is 3.83. The van der Waals surface area contributed by atoms with Crippen LogP contribution in [0.15, 0.2) is 0 Å². The Hall–Kier alpha value is -0.660. The first kappa shape index (κ1) is 16.2. The molecule has 22 heavy (non-hydrogen) atoms. The summed E-state index contributed by atoms with van der Waals surface area (Å²) >= 11 is 0. The van der Waals surface area contributed by atoms with Crippen molar-refractivity contribution in [2.24, 2.45) is 5.92 Å². The predicted octanol–water partition coefficient (Wildman–Crippen LogP) is 0.134. The molecule has 0 saturated carbocycles. The number of hydrogen-bond donors (Lipinski definition) is 0. The van der Waals surface area contributed by atoms with E-state index in [2.05, 4.69) is 4.90 Å². The summed E-state index contributed by atoms with van der Waals surface area (Å²) in [7, 11) is -2.84. The highest BCUT2D eigenvalue weighted by Gasteiger charge is 2.36. The van der Waals surface area contributed by atoms with Crippen molar-refractivity contribution < 1.29 is 17.9 Å². The number of rotatable bonds is 3. The lowest BCUT2D eigenvalue weighted by molar-refractivity contribution is -0.142. The Morgan fingerprint density at radius 1 is 1.09 bits per heavy atom. The molecule has 3 aliphatic rings. The standard InChI is InChI=1S/C15H26N2O4S/c18-15(16-6-8-21-9-7-16)14-3-1-2-5-17(14)11-13-4-10-22(19,20)12-13/h13-14H,1-12H2. The number of hydrogen-bond acceptors (Lipinski definition) is 5. The molecule has 3 saturated heterocycles. The number of sulfone groups is 1. The molecule has 7 heteroatoms. The van der Waals surface area contributed by atoms with Crippen LogP contribution in [0.4, 0.5) is 0 Å². The fourth-order valence-corrected chi connectivity index (χ4v) is 5.68. The quantitative estimate of drug-likeness (QED) is 0.736. The molecule has 126 valence electrons. The lowest BCUT2D eigenvalue weighted by Gasteiger charge is -2.39. The zero-order valence-electron chi connectivity index (χ0n) is 13.1. The summed E-state index contributed by atoms with van der Waals surface area (Å²) in [6.07, 6.45) is 3.83. The zero-order valence-corrected chi connectivity index (χ0v) is 13.9. The van der Waals surface area contributed by atoms with Gasteiger partial charge in [0.2, 0.25) is 5.91 Å². The van der Waals surface area contributed by atoms with Crippen molar-refractivity contribution in [1.82, 2.24) is 9.80 Å². The fraction of sp³-hybridized carbons (Fsp3) is 0.933. The average molecular weight is 330 g/mol. The first-order valence-electron chi connectivity index (χ1n) is 8.36. The second-order valence-corrected chi connectivity index (χ2v) is 8.94. The number of carbonyl (C=O) groups is 1. The van der Waals surface area contributed by atoms with Gasteiger partial charge >= 0.3 is 0 Å². The van der Waals surface area contributed by atoms with Gasteiger partial charge in [0, 0.05) is 19.6 Å². The lowest BCUT2D eigenvalue weighted by Crippen LogP contribution is -2.54. The van der Waals surface area contributed by atoms with Gasteiger partial charge in [-0.3, -0.25) is 9.69 Å². The van der Waals surface area contributed by atoms with E-state index >= 15 is 0 Å². The third-order valence-electron chi connectivity index (χ3n) is 5.04. The Balaban J connectivity index is 1.62. The van der Waals surface area contributed by atoms with Gasteiger partial charge < -0.3 is 9.64 Å². The van der Waals surface area contributed by atoms with Crippen LogP contribution in [0.1, 0.15) is 25.7 Å². The molecule has 1 amide bonds. The van der Waals surface area contributed by atoms with E-state index in [-0.39, 0.29) is 17.9 Å². The zero-order chi connectivity index (χ0) is 15.6. The molecule has 3 rings (SSSR count). The van der Waals surface area contributed by atoms with Crippen LogP contribution in [0.2, 0.25) is 0 Å². The molecular formula is C15H26N2O4S. The molecule has 0 aromatic heterocycles. The van der Waals surface area contributed by atoms with Crippen molar-refractivity contribution in [1.29, 1.82) is 0 Å². The van der Waals surface area contributed by atoms with Gasteiger partial charge in [-0.2, -0.15) is 0 Å². The lowest BCUT2D eigenvalue weighted by atomic mass is 9.98. The maximum atomic E-state index is 12.8. The molecule has 0 N–H and O–H groups in total. The van der Waals surface area contributed by atoms with Gasteiger partial charge in [0.15, 0.2) is 9.84 Å². The molecule has 0 radical (unpaired) electrons. The summed E-state index contributed by atoms with van der Waals surface area (Å²) in [5.74, 6) is 1.02. The second-order valence-electron chi connectivity index (χ2n) is 6.71. The molecule has 2 unspecified atom stereocenters. The smallest absolute Gasteiger partial charge is 0.240 e. The summed E-state index contributed by atoms with van der Waals surface area (Å²) < 4.78 is 28.6. The van der Waals surface area contributed by atoms with Crippen molar-refractivity contribution in [3.8, 4) is 0 Å². The van der Waals surface area contributed by atoms with E-state index < -0.39 is 9.84 Å². The molecule has 0 aromatic carbocycles. The van der Waals surface area contributed by atoms with Crippen molar-refractivity contribution in [2.75, 3.05) is 50.9 Å². The normalized spacial score (nSPS) is 33.0. The van der Waals surface area contributed by atoms with Crippen LogP contribution in [0.3, 0.4) is 0 Å². The maximum absolute atomic E-state index is 12.8. The number of amides is 1. The second kappa shape index (κ2) is 6.84. The van der Waals surface area contributed by atoms with E-state index in [9.17, 15) is 13.2 Å². The first-order valence-corrected chi connectivity index (χ1v) is 10.2. The van der Waals surface area contributed by atoms with Crippen LogP contribution >= 0.6 is 0 Å². The Kier molecular flexibility index (Phi) is 5.04. The van der Waals surface area contributed by atoms with E-state index in [0.717, 1.165) is 38.8 Å². The van der Waals surface area contributed by atoms with Crippen molar-refractivity contribution in [3.05, 3.63) is 0 Å². The van der Waals surface area contributed by atoms with Gasteiger partial charge in [-0.25, -0.2) is 8.42 Å². The number of nitrogens with zero attached hydrogens (tertiary/aromatic N) is 2. The Labute approximate surface area is 132 Å². The maximum Gasteiger partial charge on any atom is 0.240 e. The molecule has 3 aliphatic heterocycles. The molecule has 2 atom stereocenters.